The zero-order valence-corrected chi connectivity index (χ0v) is 15.5. The minimum Gasteiger partial charge on any atom is -0.497 e. The van der Waals surface area contributed by atoms with Gasteiger partial charge in [-0.2, -0.15) is 0 Å². The molecule has 6 heteroatoms. The highest BCUT2D eigenvalue weighted by molar-refractivity contribution is 5.94. The lowest BCUT2D eigenvalue weighted by Crippen LogP contribution is -2.41. The monoisotopic (exact) mass is 354 g/mol. The predicted molar refractivity (Wildman–Crippen MR) is 105 cm³/mol. The van der Waals surface area contributed by atoms with Crippen LogP contribution in [0.25, 0.3) is 0 Å². The Balaban J connectivity index is 1.73. The molecule has 6 nitrogen and oxygen atoms in total. The van der Waals surface area contributed by atoms with Crippen molar-refractivity contribution in [1.82, 2.24) is 16.0 Å². The molecule has 0 aliphatic carbocycles. The van der Waals surface area contributed by atoms with Crippen molar-refractivity contribution in [2.75, 3.05) is 27.2 Å². The van der Waals surface area contributed by atoms with E-state index in [0.717, 1.165) is 0 Å². The molecular formula is C20H26N4O2. The topological polar surface area (TPSA) is 74.8 Å². The van der Waals surface area contributed by atoms with Crippen LogP contribution in [-0.2, 0) is 6.54 Å². The fourth-order valence-electron chi connectivity index (χ4n) is 2.43. The predicted octanol–water partition coefficient (Wildman–Crippen LogP) is 2.10. The summed E-state index contributed by atoms with van der Waals surface area (Å²) in [5.41, 5.74) is 3.04. The maximum Gasteiger partial charge on any atom is 0.251 e. The first kappa shape index (κ1) is 19.3. The number of amides is 1. The zero-order chi connectivity index (χ0) is 18.8. The SMILES string of the molecule is CN=C(NCCNC(=O)c1cccc(OC)c1)NCc1ccccc1C. The first-order chi connectivity index (χ1) is 12.6. The van der Waals surface area contributed by atoms with Gasteiger partial charge in [0.15, 0.2) is 5.96 Å². The van der Waals surface area contributed by atoms with E-state index in [0.29, 0.717) is 36.9 Å². The number of aliphatic imine (C=N–C) groups is 1. The fourth-order valence-corrected chi connectivity index (χ4v) is 2.43. The van der Waals surface area contributed by atoms with Crippen LogP contribution in [0.3, 0.4) is 0 Å². The molecule has 26 heavy (non-hydrogen) atoms. The number of carbonyl (C=O) groups excluding carboxylic acids is 1. The Labute approximate surface area is 154 Å². The van der Waals surface area contributed by atoms with E-state index in [2.05, 4.69) is 40.0 Å². The number of rotatable bonds is 7. The van der Waals surface area contributed by atoms with E-state index in [1.165, 1.54) is 11.1 Å². The molecule has 1 amide bonds. The third kappa shape index (κ3) is 5.81. The normalized spacial score (nSPS) is 11.0. The molecule has 0 aliphatic heterocycles. The number of nitrogens with zero attached hydrogens (tertiary/aromatic N) is 1. The lowest BCUT2D eigenvalue weighted by atomic mass is 10.1. The molecule has 0 saturated heterocycles. The fraction of sp³-hybridized carbons (Fsp3) is 0.300. The average molecular weight is 354 g/mol. The molecule has 138 valence electrons. The minimum absolute atomic E-state index is 0.131. The van der Waals surface area contributed by atoms with E-state index in [-0.39, 0.29) is 5.91 Å². The van der Waals surface area contributed by atoms with E-state index in [4.69, 9.17) is 4.74 Å². The average Bonchev–Trinajstić information content (AvgIpc) is 2.68. The summed E-state index contributed by atoms with van der Waals surface area (Å²) >= 11 is 0. The van der Waals surface area contributed by atoms with Crippen LogP contribution < -0.4 is 20.7 Å². The van der Waals surface area contributed by atoms with Crippen LogP contribution >= 0.6 is 0 Å². The van der Waals surface area contributed by atoms with Crippen LogP contribution in [0.2, 0.25) is 0 Å². The molecule has 3 N–H and O–H groups in total. The zero-order valence-electron chi connectivity index (χ0n) is 15.5. The third-order valence-electron chi connectivity index (χ3n) is 3.97. The van der Waals surface area contributed by atoms with Crippen molar-refractivity contribution in [3.8, 4) is 5.75 Å². The van der Waals surface area contributed by atoms with Crippen LogP contribution in [0.15, 0.2) is 53.5 Å². The number of aryl methyl sites for hydroxylation is 1. The lowest BCUT2D eigenvalue weighted by molar-refractivity contribution is 0.0954. The summed E-state index contributed by atoms with van der Waals surface area (Å²) in [5.74, 6) is 1.23. The number of hydrogen-bond donors (Lipinski definition) is 3. The van der Waals surface area contributed by atoms with Gasteiger partial charge < -0.3 is 20.7 Å². The van der Waals surface area contributed by atoms with Crippen LogP contribution in [0.1, 0.15) is 21.5 Å². The van der Waals surface area contributed by atoms with Gasteiger partial charge in [0.2, 0.25) is 0 Å². The van der Waals surface area contributed by atoms with Gasteiger partial charge in [-0.25, -0.2) is 0 Å². The van der Waals surface area contributed by atoms with Crippen LogP contribution in [0.4, 0.5) is 0 Å². The Morgan fingerprint density at radius 3 is 2.54 bits per heavy atom. The number of guanidine groups is 1. The van der Waals surface area contributed by atoms with Gasteiger partial charge in [-0.1, -0.05) is 30.3 Å². The van der Waals surface area contributed by atoms with Crippen molar-refractivity contribution in [2.45, 2.75) is 13.5 Å². The van der Waals surface area contributed by atoms with Gasteiger partial charge in [-0.3, -0.25) is 9.79 Å². The molecule has 0 fully saturated rings. The summed E-state index contributed by atoms with van der Waals surface area (Å²) in [6.07, 6.45) is 0. The van der Waals surface area contributed by atoms with E-state index in [1.807, 2.05) is 18.2 Å². The largest absolute Gasteiger partial charge is 0.497 e. The molecule has 0 bridgehead atoms. The number of benzene rings is 2. The smallest absolute Gasteiger partial charge is 0.251 e. The van der Waals surface area contributed by atoms with E-state index < -0.39 is 0 Å². The Bertz CT molecular complexity index is 759. The third-order valence-corrected chi connectivity index (χ3v) is 3.97. The molecule has 0 saturated carbocycles. The van der Waals surface area contributed by atoms with Crippen molar-refractivity contribution >= 4 is 11.9 Å². The summed E-state index contributed by atoms with van der Waals surface area (Å²) in [6, 6.07) is 15.3. The number of methoxy groups -OCH3 is 1. The van der Waals surface area contributed by atoms with Crippen molar-refractivity contribution in [3.05, 3.63) is 65.2 Å². The van der Waals surface area contributed by atoms with Crippen molar-refractivity contribution in [3.63, 3.8) is 0 Å². The molecule has 0 aromatic heterocycles. The quantitative estimate of drug-likeness (QED) is 0.404. The highest BCUT2D eigenvalue weighted by Gasteiger charge is 2.06. The standard InChI is InChI=1S/C20H26N4O2/c1-15-7-4-5-8-17(15)14-24-20(21-2)23-12-11-22-19(25)16-9-6-10-18(13-16)26-3/h4-10,13H,11-12,14H2,1-3H3,(H,22,25)(H2,21,23,24). The van der Waals surface area contributed by atoms with Gasteiger partial charge in [0.05, 0.1) is 7.11 Å². The van der Waals surface area contributed by atoms with Gasteiger partial charge in [-0.05, 0) is 36.2 Å². The first-order valence-electron chi connectivity index (χ1n) is 8.55. The lowest BCUT2D eigenvalue weighted by Gasteiger charge is -2.13. The summed E-state index contributed by atoms with van der Waals surface area (Å²) in [6.45, 7) is 3.84. The Morgan fingerprint density at radius 2 is 1.81 bits per heavy atom. The Kier molecular flexibility index (Phi) is 7.49. The van der Waals surface area contributed by atoms with E-state index >= 15 is 0 Å². The number of ether oxygens (including phenoxy) is 1. The van der Waals surface area contributed by atoms with Gasteiger partial charge in [0.25, 0.3) is 5.91 Å². The molecule has 2 aromatic carbocycles. The number of carbonyl (C=O) groups is 1. The van der Waals surface area contributed by atoms with E-state index in [1.54, 1.807) is 32.4 Å². The van der Waals surface area contributed by atoms with Gasteiger partial charge >= 0.3 is 0 Å². The first-order valence-corrected chi connectivity index (χ1v) is 8.55. The molecule has 0 heterocycles. The second-order valence-corrected chi connectivity index (χ2v) is 5.77. The molecule has 0 unspecified atom stereocenters. The van der Waals surface area contributed by atoms with Gasteiger partial charge in [0.1, 0.15) is 5.75 Å². The van der Waals surface area contributed by atoms with E-state index in [9.17, 15) is 4.79 Å². The summed E-state index contributed by atoms with van der Waals surface area (Å²) < 4.78 is 5.13. The molecule has 2 aromatic rings. The Hall–Kier alpha value is -3.02. The molecule has 2 rings (SSSR count). The second kappa shape index (κ2) is 10.1. The summed E-state index contributed by atoms with van der Waals surface area (Å²) in [7, 11) is 3.30. The summed E-state index contributed by atoms with van der Waals surface area (Å²) in [5, 5.41) is 9.33. The molecule has 0 atom stereocenters. The van der Waals surface area contributed by atoms with Crippen molar-refractivity contribution < 1.29 is 9.53 Å². The highest BCUT2D eigenvalue weighted by Crippen LogP contribution is 2.12. The minimum atomic E-state index is -0.131. The maximum atomic E-state index is 12.1. The Morgan fingerprint density at radius 1 is 1.04 bits per heavy atom. The van der Waals surface area contributed by atoms with Gasteiger partial charge in [0, 0.05) is 32.2 Å². The molecule has 0 aliphatic rings. The number of hydrogen-bond acceptors (Lipinski definition) is 3. The highest BCUT2D eigenvalue weighted by atomic mass is 16.5. The molecule has 0 spiro atoms. The van der Waals surface area contributed by atoms with Gasteiger partial charge in [-0.15, -0.1) is 0 Å². The number of nitrogens with one attached hydrogen (secondary N) is 3. The molecular weight excluding hydrogens is 328 g/mol. The molecule has 0 radical (unpaired) electrons. The van der Waals surface area contributed by atoms with Crippen LogP contribution in [-0.4, -0.2) is 39.1 Å². The van der Waals surface area contributed by atoms with Crippen molar-refractivity contribution in [2.24, 2.45) is 4.99 Å². The maximum absolute atomic E-state index is 12.1. The van der Waals surface area contributed by atoms with Crippen molar-refractivity contribution in [1.29, 1.82) is 0 Å². The van der Waals surface area contributed by atoms with Crippen LogP contribution in [0, 0.1) is 6.92 Å². The second-order valence-electron chi connectivity index (χ2n) is 5.77. The van der Waals surface area contributed by atoms with Crippen LogP contribution in [0.5, 0.6) is 5.75 Å². The summed E-state index contributed by atoms with van der Waals surface area (Å²) in [4.78, 5) is 16.3.